The van der Waals surface area contributed by atoms with E-state index in [0.717, 1.165) is 34.3 Å². The van der Waals surface area contributed by atoms with Gasteiger partial charge in [-0.3, -0.25) is 0 Å². The van der Waals surface area contributed by atoms with Gasteiger partial charge in [-0.15, -0.1) is 0 Å². The van der Waals surface area contributed by atoms with E-state index in [9.17, 15) is 4.79 Å². The molecule has 0 saturated heterocycles. The molecule has 168 valence electrons. The number of hydrogen-bond donors (Lipinski definition) is 0. The SMILES string of the molecule is C=CC(=O)Oc1ccc(C=Cc2ccc(N(c3cccc(C)c3)c3cccc(C)c3)cc2)cc1. The second kappa shape index (κ2) is 10.5. The average Bonchev–Trinajstić information content (AvgIpc) is 2.85. The fraction of sp³-hybridized carbons (Fsp3) is 0.0645. The van der Waals surface area contributed by atoms with Crippen LogP contribution in [0.3, 0.4) is 0 Å². The number of aryl methyl sites for hydroxylation is 2. The second-order valence-electron chi connectivity index (χ2n) is 8.13. The molecule has 4 aromatic carbocycles. The van der Waals surface area contributed by atoms with E-state index >= 15 is 0 Å². The zero-order valence-corrected chi connectivity index (χ0v) is 19.4. The molecule has 0 aliphatic rings. The number of nitrogens with zero attached hydrogens (tertiary/aromatic N) is 1. The highest BCUT2D eigenvalue weighted by atomic mass is 16.5. The van der Waals surface area contributed by atoms with Gasteiger partial charge in [0.2, 0.25) is 0 Å². The maximum atomic E-state index is 11.3. The van der Waals surface area contributed by atoms with E-state index in [1.54, 1.807) is 12.1 Å². The van der Waals surface area contributed by atoms with Crippen LogP contribution >= 0.6 is 0 Å². The number of carbonyl (C=O) groups excluding carboxylic acids is 1. The van der Waals surface area contributed by atoms with Crippen molar-refractivity contribution in [2.24, 2.45) is 0 Å². The predicted molar refractivity (Wildman–Crippen MR) is 142 cm³/mol. The van der Waals surface area contributed by atoms with E-state index in [1.807, 2.05) is 18.2 Å². The first-order chi connectivity index (χ1) is 16.5. The van der Waals surface area contributed by atoms with Crippen molar-refractivity contribution in [1.29, 1.82) is 0 Å². The largest absolute Gasteiger partial charge is 0.423 e. The Labute approximate surface area is 201 Å². The van der Waals surface area contributed by atoms with Crippen LogP contribution in [0, 0.1) is 13.8 Å². The smallest absolute Gasteiger partial charge is 0.335 e. The summed E-state index contributed by atoms with van der Waals surface area (Å²) in [6.45, 7) is 7.63. The Morgan fingerprint density at radius 3 is 1.68 bits per heavy atom. The van der Waals surface area contributed by atoms with Crippen molar-refractivity contribution >= 4 is 35.2 Å². The van der Waals surface area contributed by atoms with Crippen LogP contribution < -0.4 is 9.64 Å². The summed E-state index contributed by atoms with van der Waals surface area (Å²) < 4.78 is 5.12. The van der Waals surface area contributed by atoms with Crippen LogP contribution in [0.5, 0.6) is 5.75 Å². The van der Waals surface area contributed by atoms with Gasteiger partial charge < -0.3 is 9.64 Å². The minimum Gasteiger partial charge on any atom is -0.423 e. The van der Waals surface area contributed by atoms with Gasteiger partial charge >= 0.3 is 5.97 Å². The Balaban J connectivity index is 1.57. The number of esters is 1. The molecule has 0 spiro atoms. The topological polar surface area (TPSA) is 29.5 Å². The van der Waals surface area contributed by atoms with Crippen LogP contribution in [-0.2, 0) is 4.79 Å². The third-order valence-corrected chi connectivity index (χ3v) is 5.40. The molecule has 3 nitrogen and oxygen atoms in total. The van der Waals surface area contributed by atoms with Gasteiger partial charge in [-0.05, 0) is 84.6 Å². The van der Waals surface area contributed by atoms with Gasteiger partial charge in [0.1, 0.15) is 5.75 Å². The zero-order valence-electron chi connectivity index (χ0n) is 19.4. The summed E-state index contributed by atoms with van der Waals surface area (Å²) >= 11 is 0. The number of hydrogen-bond acceptors (Lipinski definition) is 3. The first-order valence-electron chi connectivity index (χ1n) is 11.2. The number of rotatable bonds is 7. The molecule has 0 heterocycles. The van der Waals surface area contributed by atoms with Crippen LogP contribution in [0.25, 0.3) is 12.2 Å². The van der Waals surface area contributed by atoms with Crippen LogP contribution in [0.2, 0.25) is 0 Å². The first-order valence-corrected chi connectivity index (χ1v) is 11.2. The van der Waals surface area contributed by atoms with Gasteiger partial charge in [-0.25, -0.2) is 4.79 Å². The van der Waals surface area contributed by atoms with Crippen LogP contribution in [0.15, 0.2) is 110 Å². The minimum atomic E-state index is -0.464. The van der Waals surface area contributed by atoms with Crippen molar-refractivity contribution in [1.82, 2.24) is 0 Å². The van der Waals surface area contributed by atoms with E-state index in [4.69, 9.17) is 4.74 Å². The molecule has 0 bridgehead atoms. The Bertz CT molecular complexity index is 1270. The molecule has 0 unspecified atom stereocenters. The first kappa shape index (κ1) is 22.8. The monoisotopic (exact) mass is 445 g/mol. The number of benzene rings is 4. The van der Waals surface area contributed by atoms with Gasteiger partial charge in [0.15, 0.2) is 0 Å². The summed E-state index contributed by atoms with van der Waals surface area (Å²) in [5.74, 6) is 0.0348. The fourth-order valence-corrected chi connectivity index (χ4v) is 3.71. The Morgan fingerprint density at radius 1 is 0.706 bits per heavy atom. The second-order valence-corrected chi connectivity index (χ2v) is 8.13. The summed E-state index contributed by atoms with van der Waals surface area (Å²) in [6, 6.07) is 33.0. The highest BCUT2D eigenvalue weighted by Crippen LogP contribution is 2.35. The molecule has 0 saturated carbocycles. The highest BCUT2D eigenvalue weighted by Gasteiger charge is 2.12. The standard InChI is InChI=1S/C31H27NO2/c1-4-31(33)34-30-19-15-26(16-20-30)12-11-25-13-17-27(18-14-25)32(28-9-5-7-23(2)21-28)29-10-6-8-24(3)22-29/h4-22H,1H2,2-3H3. The van der Waals surface area contributed by atoms with Gasteiger partial charge in [-0.1, -0.05) is 67.3 Å². The third-order valence-electron chi connectivity index (χ3n) is 5.40. The quantitative estimate of drug-likeness (QED) is 0.125. The predicted octanol–water partition coefficient (Wildman–Crippen LogP) is 8.04. The Kier molecular flexibility index (Phi) is 7.04. The molecule has 0 aliphatic carbocycles. The van der Waals surface area contributed by atoms with Crippen molar-refractivity contribution in [2.75, 3.05) is 4.90 Å². The van der Waals surface area contributed by atoms with Crippen molar-refractivity contribution in [3.8, 4) is 5.75 Å². The zero-order chi connectivity index (χ0) is 23.9. The molecule has 4 rings (SSSR count). The van der Waals surface area contributed by atoms with Gasteiger partial charge in [0.05, 0.1) is 0 Å². The normalized spacial score (nSPS) is 10.8. The van der Waals surface area contributed by atoms with E-state index < -0.39 is 5.97 Å². The molecule has 0 fully saturated rings. The van der Waals surface area contributed by atoms with Crippen molar-refractivity contribution in [3.63, 3.8) is 0 Å². The van der Waals surface area contributed by atoms with E-state index in [0.29, 0.717) is 5.75 Å². The lowest BCUT2D eigenvalue weighted by Crippen LogP contribution is -2.10. The van der Waals surface area contributed by atoms with Gasteiger partial charge in [-0.2, -0.15) is 0 Å². The van der Waals surface area contributed by atoms with Crippen molar-refractivity contribution in [2.45, 2.75) is 13.8 Å². The van der Waals surface area contributed by atoms with Crippen molar-refractivity contribution in [3.05, 3.63) is 132 Å². The molecule has 0 atom stereocenters. The molecule has 4 aromatic rings. The third kappa shape index (κ3) is 5.70. The molecule has 0 radical (unpaired) electrons. The fourth-order valence-electron chi connectivity index (χ4n) is 3.71. The maximum Gasteiger partial charge on any atom is 0.335 e. The number of carbonyl (C=O) groups is 1. The molecule has 0 N–H and O–H groups in total. The maximum absolute atomic E-state index is 11.3. The number of ether oxygens (including phenoxy) is 1. The summed E-state index contributed by atoms with van der Waals surface area (Å²) in [5.41, 5.74) is 7.92. The van der Waals surface area contributed by atoms with Crippen molar-refractivity contribution < 1.29 is 9.53 Å². The lowest BCUT2D eigenvalue weighted by Gasteiger charge is -2.26. The van der Waals surface area contributed by atoms with E-state index in [-0.39, 0.29) is 0 Å². The summed E-state index contributed by atoms with van der Waals surface area (Å²) in [6.07, 6.45) is 5.25. The molecule has 0 amide bonds. The van der Waals surface area contributed by atoms with Crippen LogP contribution in [-0.4, -0.2) is 5.97 Å². The molecule has 34 heavy (non-hydrogen) atoms. The average molecular weight is 446 g/mol. The molecule has 0 aromatic heterocycles. The molecular formula is C31H27NO2. The minimum absolute atomic E-state index is 0.464. The molecule has 3 heteroatoms. The Morgan fingerprint density at radius 2 is 1.21 bits per heavy atom. The summed E-state index contributed by atoms with van der Waals surface area (Å²) in [7, 11) is 0. The lowest BCUT2D eigenvalue weighted by atomic mass is 10.1. The van der Waals surface area contributed by atoms with Gasteiger partial charge in [0, 0.05) is 23.1 Å². The van der Waals surface area contributed by atoms with E-state index in [2.05, 4.69) is 104 Å². The van der Waals surface area contributed by atoms with E-state index in [1.165, 1.54) is 11.1 Å². The van der Waals surface area contributed by atoms with Gasteiger partial charge in [0.25, 0.3) is 0 Å². The van der Waals surface area contributed by atoms with Crippen LogP contribution in [0.4, 0.5) is 17.1 Å². The Hall–Kier alpha value is -4.37. The summed E-state index contributed by atoms with van der Waals surface area (Å²) in [4.78, 5) is 13.6. The summed E-state index contributed by atoms with van der Waals surface area (Å²) in [5, 5.41) is 0. The molecule has 0 aliphatic heterocycles. The highest BCUT2D eigenvalue weighted by molar-refractivity contribution is 5.83. The van der Waals surface area contributed by atoms with Crippen LogP contribution in [0.1, 0.15) is 22.3 Å². The lowest BCUT2D eigenvalue weighted by molar-refractivity contribution is -0.128. The number of anilines is 3. The molecular weight excluding hydrogens is 418 g/mol.